The third-order valence-corrected chi connectivity index (χ3v) is 4.69. The minimum absolute atomic E-state index is 0.196. The second-order valence-electron chi connectivity index (χ2n) is 7.99. The molecular weight excluding hydrogens is 258 g/mol. The van der Waals surface area contributed by atoms with Crippen LogP contribution in [0.25, 0.3) is 0 Å². The van der Waals surface area contributed by atoms with Crippen molar-refractivity contribution in [3.05, 3.63) is 0 Å². The van der Waals surface area contributed by atoms with Crippen LogP contribution in [-0.2, 0) is 0 Å². The summed E-state index contributed by atoms with van der Waals surface area (Å²) in [5.41, 5.74) is 0.575. The average Bonchev–Trinajstić information content (AvgIpc) is 2.38. The first-order chi connectivity index (χ1) is 9.59. The molecule has 0 radical (unpaired) electrons. The van der Waals surface area contributed by atoms with E-state index in [4.69, 9.17) is 0 Å². The Balaban J connectivity index is 4.85. The second-order valence-corrected chi connectivity index (χ2v) is 7.99. The van der Waals surface area contributed by atoms with Crippen LogP contribution in [0.5, 0.6) is 0 Å². The van der Waals surface area contributed by atoms with E-state index in [-0.39, 0.29) is 5.54 Å². The van der Waals surface area contributed by atoms with Crippen molar-refractivity contribution < 1.29 is 0 Å². The van der Waals surface area contributed by atoms with Crippen LogP contribution in [0.2, 0.25) is 0 Å². The Morgan fingerprint density at radius 3 is 1.86 bits per heavy atom. The number of nitrogens with zero attached hydrogens (tertiary/aromatic N) is 2. The molecule has 0 heterocycles. The molecular formula is C18H41N3. The molecule has 21 heavy (non-hydrogen) atoms. The zero-order chi connectivity index (χ0) is 16.7. The Hall–Kier alpha value is -0.120. The molecule has 0 aliphatic rings. The topological polar surface area (TPSA) is 18.5 Å². The van der Waals surface area contributed by atoms with Crippen LogP contribution in [0.1, 0.15) is 61.3 Å². The smallest absolute Gasteiger partial charge is 0.0194 e. The van der Waals surface area contributed by atoms with Crippen LogP contribution in [-0.4, -0.2) is 61.7 Å². The number of hydrogen-bond acceptors (Lipinski definition) is 3. The Morgan fingerprint density at radius 2 is 1.52 bits per heavy atom. The SMILES string of the molecule is CCN(CC(CC)(CC)CNC(C)(C)C)C(C)CN(C)C. The molecule has 0 aromatic rings. The lowest BCUT2D eigenvalue weighted by molar-refractivity contribution is 0.0911. The van der Waals surface area contributed by atoms with Crippen molar-refractivity contribution in [1.29, 1.82) is 0 Å². The Bertz CT molecular complexity index is 264. The van der Waals surface area contributed by atoms with Gasteiger partial charge in [0, 0.05) is 31.2 Å². The maximum atomic E-state index is 3.74. The maximum Gasteiger partial charge on any atom is 0.0194 e. The van der Waals surface area contributed by atoms with Crippen LogP contribution < -0.4 is 5.32 Å². The molecule has 0 amide bonds. The normalized spacial score (nSPS) is 15.0. The highest BCUT2D eigenvalue weighted by atomic mass is 15.2. The lowest BCUT2D eigenvalue weighted by atomic mass is 9.80. The fourth-order valence-electron chi connectivity index (χ4n) is 2.89. The summed E-state index contributed by atoms with van der Waals surface area (Å²) < 4.78 is 0. The Kier molecular flexibility index (Phi) is 9.06. The van der Waals surface area contributed by atoms with Gasteiger partial charge in [-0.05, 0) is 66.6 Å². The van der Waals surface area contributed by atoms with Crippen LogP contribution >= 0.6 is 0 Å². The molecule has 3 nitrogen and oxygen atoms in total. The van der Waals surface area contributed by atoms with Crippen molar-refractivity contribution in [1.82, 2.24) is 15.1 Å². The highest BCUT2D eigenvalue weighted by Gasteiger charge is 2.31. The molecule has 0 fully saturated rings. The maximum absolute atomic E-state index is 3.74. The quantitative estimate of drug-likeness (QED) is 0.666. The second kappa shape index (κ2) is 9.12. The van der Waals surface area contributed by atoms with Crippen molar-refractivity contribution in [3.63, 3.8) is 0 Å². The molecule has 0 aliphatic carbocycles. The molecule has 1 N–H and O–H groups in total. The van der Waals surface area contributed by atoms with Crippen LogP contribution in [0.4, 0.5) is 0 Å². The van der Waals surface area contributed by atoms with Gasteiger partial charge in [-0.3, -0.25) is 4.90 Å². The van der Waals surface area contributed by atoms with Crippen LogP contribution in [0.3, 0.4) is 0 Å². The standard InChI is InChI=1S/C18H41N3/c1-10-18(11-2,14-19-17(5,6)7)15-21(12-3)16(4)13-20(8)9/h16,19H,10-15H2,1-9H3. The van der Waals surface area contributed by atoms with Crippen molar-refractivity contribution in [3.8, 4) is 0 Å². The minimum atomic E-state index is 0.196. The van der Waals surface area contributed by atoms with Gasteiger partial charge in [-0.2, -0.15) is 0 Å². The predicted octanol–water partition coefficient (Wildman–Crippen LogP) is 3.45. The summed E-state index contributed by atoms with van der Waals surface area (Å²) in [6, 6.07) is 0.608. The van der Waals surface area contributed by atoms with Crippen molar-refractivity contribution in [2.75, 3.05) is 40.3 Å². The highest BCUT2D eigenvalue weighted by Crippen LogP contribution is 2.28. The largest absolute Gasteiger partial charge is 0.311 e. The zero-order valence-electron chi connectivity index (χ0n) is 16.2. The summed E-state index contributed by atoms with van der Waals surface area (Å²) in [5.74, 6) is 0. The van der Waals surface area contributed by atoms with Gasteiger partial charge in [-0.1, -0.05) is 20.8 Å². The molecule has 0 bridgehead atoms. The third kappa shape index (κ3) is 8.18. The lowest BCUT2D eigenvalue weighted by Gasteiger charge is -2.41. The fourth-order valence-corrected chi connectivity index (χ4v) is 2.89. The van der Waals surface area contributed by atoms with Crippen molar-refractivity contribution in [2.45, 2.75) is 72.9 Å². The summed E-state index contributed by atoms with van der Waals surface area (Å²) in [7, 11) is 4.33. The third-order valence-electron chi connectivity index (χ3n) is 4.69. The van der Waals surface area contributed by atoms with E-state index in [1.807, 2.05) is 0 Å². The number of rotatable bonds is 10. The molecule has 0 aromatic carbocycles. The van der Waals surface area contributed by atoms with E-state index in [1.165, 1.54) is 19.4 Å². The van der Waals surface area contributed by atoms with E-state index in [0.29, 0.717) is 11.5 Å². The molecule has 1 unspecified atom stereocenters. The zero-order valence-corrected chi connectivity index (χ0v) is 16.2. The summed E-state index contributed by atoms with van der Waals surface area (Å²) in [4.78, 5) is 4.94. The monoisotopic (exact) mass is 299 g/mol. The fraction of sp³-hybridized carbons (Fsp3) is 1.00. The molecule has 1 atom stereocenters. The van der Waals surface area contributed by atoms with E-state index in [0.717, 1.165) is 19.6 Å². The van der Waals surface area contributed by atoms with Gasteiger partial charge in [-0.25, -0.2) is 0 Å². The first-order valence-corrected chi connectivity index (χ1v) is 8.73. The van der Waals surface area contributed by atoms with Gasteiger partial charge in [0.2, 0.25) is 0 Å². The van der Waals surface area contributed by atoms with Gasteiger partial charge < -0.3 is 10.2 Å². The average molecular weight is 300 g/mol. The molecule has 128 valence electrons. The molecule has 0 aromatic heterocycles. The van der Waals surface area contributed by atoms with Crippen LogP contribution in [0, 0.1) is 5.41 Å². The molecule has 0 saturated carbocycles. The summed E-state index contributed by atoms with van der Waals surface area (Å²) >= 11 is 0. The van der Waals surface area contributed by atoms with E-state index >= 15 is 0 Å². The van der Waals surface area contributed by atoms with Gasteiger partial charge in [0.15, 0.2) is 0 Å². The number of nitrogens with one attached hydrogen (secondary N) is 1. The summed E-state index contributed by atoms with van der Waals surface area (Å²) in [6.07, 6.45) is 2.47. The van der Waals surface area contributed by atoms with Gasteiger partial charge in [-0.15, -0.1) is 0 Å². The van der Waals surface area contributed by atoms with Crippen LogP contribution in [0.15, 0.2) is 0 Å². The van der Waals surface area contributed by atoms with E-state index in [2.05, 4.69) is 77.7 Å². The van der Waals surface area contributed by atoms with E-state index in [1.54, 1.807) is 0 Å². The lowest BCUT2D eigenvalue weighted by Crippen LogP contribution is -2.51. The minimum Gasteiger partial charge on any atom is -0.311 e. The number of hydrogen-bond donors (Lipinski definition) is 1. The van der Waals surface area contributed by atoms with Crippen molar-refractivity contribution >= 4 is 0 Å². The highest BCUT2D eigenvalue weighted by molar-refractivity contribution is 4.87. The Labute approximate surface area is 134 Å². The molecule has 0 saturated heterocycles. The van der Waals surface area contributed by atoms with Crippen molar-refractivity contribution in [2.24, 2.45) is 5.41 Å². The predicted molar refractivity (Wildman–Crippen MR) is 96.0 cm³/mol. The van der Waals surface area contributed by atoms with E-state index < -0.39 is 0 Å². The first-order valence-electron chi connectivity index (χ1n) is 8.73. The van der Waals surface area contributed by atoms with Gasteiger partial charge >= 0.3 is 0 Å². The van der Waals surface area contributed by atoms with Gasteiger partial charge in [0.25, 0.3) is 0 Å². The molecule has 3 heteroatoms. The summed E-state index contributed by atoms with van der Waals surface area (Å²) in [5, 5.41) is 3.74. The first kappa shape index (κ1) is 20.9. The molecule has 0 spiro atoms. The summed E-state index contributed by atoms with van der Waals surface area (Å²) in [6.45, 7) is 20.7. The van der Waals surface area contributed by atoms with E-state index in [9.17, 15) is 0 Å². The van der Waals surface area contributed by atoms with Gasteiger partial charge in [0.05, 0.1) is 0 Å². The molecule has 0 rings (SSSR count). The molecule has 0 aliphatic heterocycles. The number of likely N-dealkylation sites (N-methyl/N-ethyl adjacent to an activating group) is 2. The Morgan fingerprint density at radius 1 is 1.00 bits per heavy atom. The van der Waals surface area contributed by atoms with Gasteiger partial charge in [0.1, 0.15) is 0 Å².